The van der Waals surface area contributed by atoms with E-state index in [1.807, 2.05) is 37.0 Å². The maximum Gasteiger partial charge on any atom is 0.0679 e. The number of hydrogen-bond donors (Lipinski definition) is 1. The van der Waals surface area contributed by atoms with Gasteiger partial charge in [-0.1, -0.05) is 24.3 Å². The predicted octanol–water partition coefficient (Wildman–Crippen LogP) is 3.63. The number of nitrogens with one attached hydrogen (secondary N) is 1. The molecule has 0 aliphatic heterocycles. The summed E-state index contributed by atoms with van der Waals surface area (Å²) in [5, 5.41) is 13.1. The van der Waals surface area contributed by atoms with E-state index in [0.29, 0.717) is 5.71 Å². The molecule has 0 saturated carbocycles. The van der Waals surface area contributed by atoms with E-state index < -0.39 is 0 Å². The monoisotopic (exact) mass is 249 g/mol. The molecule has 3 heteroatoms. The Kier molecular flexibility index (Phi) is 2.67. The van der Waals surface area contributed by atoms with E-state index in [4.69, 9.17) is 5.41 Å². The van der Waals surface area contributed by atoms with Crippen molar-refractivity contribution in [3.8, 4) is 11.1 Å². The Balaban J connectivity index is 2.13. The van der Waals surface area contributed by atoms with Crippen molar-refractivity contribution in [2.45, 2.75) is 6.92 Å². The van der Waals surface area contributed by atoms with Crippen LogP contribution in [0.15, 0.2) is 48.7 Å². The molecular weight excluding hydrogens is 234 g/mol. The minimum atomic E-state index is 0.587. The van der Waals surface area contributed by atoms with Gasteiger partial charge < -0.3 is 5.41 Å². The van der Waals surface area contributed by atoms with Crippen molar-refractivity contribution in [3.63, 3.8) is 0 Å². The zero-order valence-corrected chi connectivity index (χ0v) is 11.0. The summed E-state index contributed by atoms with van der Waals surface area (Å²) in [6, 6.07) is 14.4. The Hall–Kier alpha value is -2.42. The van der Waals surface area contributed by atoms with Crippen LogP contribution in [0.5, 0.6) is 0 Å². The first-order valence-electron chi connectivity index (χ1n) is 6.23. The second-order valence-electron chi connectivity index (χ2n) is 4.75. The van der Waals surface area contributed by atoms with E-state index in [0.717, 1.165) is 27.6 Å². The zero-order chi connectivity index (χ0) is 13.4. The molecule has 0 spiro atoms. The van der Waals surface area contributed by atoms with E-state index in [2.05, 4.69) is 35.4 Å². The molecule has 2 aromatic carbocycles. The van der Waals surface area contributed by atoms with Crippen molar-refractivity contribution in [3.05, 3.63) is 54.2 Å². The predicted molar refractivity (Wildman–Crippen MR) is 78.7 cm³/mol. The zero-order valence-electron chi connectivity index (χ0n) is 11.0. The van der Waals surface area contributed by atoms with Gasteiger partial charge >= 0.3 is 0 Å². The highest BCUT2D eigenvalue weighted by Crippen LogP contribution is 2.25. The Morgan fingerprint density at radius 1 is 1.11 bits per heavy atom. The van der Waals surface area contributed by atoms with Gasteiger partial charge in [-0.15, -0.1) is 0 Å². The minimum Gasteiger partial charge on any atom is -0.305 e. The summed E-state index contributed by atoms with van der Waals surface area (Å²) in [6.45, 7) is 1.81. The van der Waals surface area contributed by atoms with Gasteiger partial charge in [0.2, 0.25) is 0 Å². The van der Waals surface area contributed by atoms with E-state index in [1.165, 1.54) is 0 Å². The van der Waals surface area contributed by atoms with Crippen molar-refractivity contribution in [1.82, 2.24) is 9.78 Å². The molecule has 0 saturated heterocycles. The standard InChI is InChI=1S/C16H15N3/c1-11(17)12-4-3-5-13(8-12)14-6-7-16-15(9-14)10-18-19(16)2/h3-10,17H,1-2H3. The van der Waals surface area contributed by atoms with Crippen LogP contribution in [0.3, 0.4) is 0 Å². The summed E-state index contributed by atoms with van der Waals surface area (Å²) in [7, 11) is 1.95. The van der Waals surface area contributed by atoms with Gasteiger partial charge in [0.1, 0.15) is 0 Å². The third kappa shape index (κ3) is 2.03. The Morgan fingerprint density at radius 3 is 2.68 bits per heavy atom. The molecule has 0 radical (unpaired) electrons. The lowest BCUT2D eigenvalue weighted by atomic mass is 10.0. The number of fused-ring (bicyclic) bond motifs is 1. The molecule has 94 valence electrons. The second kappa shape index (κ2) is 4.35. The fourth-order valence-corrected chi connectivity index (χ4v) is 2.28. The molecule has 0 bridgehead atoms. The van der Waals surface area contributed by atoms with Crippen molar-refractivity contribution >= 4 is 16.6 Å². The van der Waals surface area contributed by atoms with Crippen LogP contribution in [0.4, 0.5) is 0 Å². The van der Waals surface area contributed by atoms with Gasteiger partial charge in [-0.3, -0.25) is 4.68 Å². The first-order valence-corrected chi connectivity index (χ1v) is 6.23. The SMILES string of the molecule is CC(=N)c1cccc(-c2ccc3c(cnn3C)c2)c1. The molecule has 0 aliphatic carbocycles. The third-order valence-corrected chi connectivity index (χ3v) is 3.38. The molecule has 0 unspecified atom stereocenters. The molecule has 3 nitrogen and oxygen atoms in total. The normalized spacial score (nSPS) is 10.8. The number of rotatable bonds is 2. The van der Waals surface area contributed by atoms with Crippen LogP contribution in [-0.2, 0) is 7.05 Å². The largest absolute Gasteiger partial charge is 0.305 e. The Labute approximate surface area is 112 Å². The van der Waals surface area contributed by atoms with Crippen LogP contribution in [0.1, 0.15) is 12.5 Å². The lowest BCUT2D eigenvalue weighted by Gasteiger charge is -2.05. The fraction of sp³-hybridized carbons (Fsp3) is 0.125. The summed E-state index contributed by atoms with van der Waals surface area (Å²) < 4.78 is 1.87. The minimum absolute atomic E-state index is 0.587. The van der Waals surface area contributed by atoms with E-state index in [1.54, 1.807) is 0 Å². The fourth-order valence-electron chi connectivity index (χ4n) is 2.28. The Bertz CT molecular complexity index is 769. The molecule has 3 rings (SSSR count). The molecule has 19 heavy (non-hydrogen) atoms. The van der Waals surface area contributed by atoms with Gasteiger partial charge in [-0.2, -0.15) is 5.10 Å². The first-order chi connectivity index (χ1) is 9.15. The van der Waals surface area contributed by atoms with Crippen molar-refractivity contribution < 1.29 is 0 Å². The van der Waals surface area contributed by atoms with E-state index >= 15 is 0 Å². The van der Waals surface area contributed by atoms with E-state index in [-0.39, 0.29) is 0 Å². The molecule has 0 fully saturated rings. The van der Waals surface area contributed by atoms with Crippen LogP contribution < -0.4 is 0 Å². The average molecular weight is 249 g/mol. The Morgan fingerprint density at radius 2 is 1.89 bits per heavy atom. The van der Waals surface area contributed by atoms with Gasteiger partial charge in [0.25, 0.3) is 0 Å². The smallest absolute Gasteiger partial charge is 0.0679 e. The highest BCUT2D eigenvalue weighted by molar-refractivity contribution is 5.97. The molecule has 0 amide bonds. The summed E-state index contributed by atoms with van der Waals surface area (Å²) >= 11 is 0. The quantitative estimate of drug-likeness (QED) is 0.692. The molecule has 1 aromatic heterocycles. The highest BCUT2D eigenvalue weighted by Gasteiger charge is 2.04. The summed E-state index contributed by atoms with van der Waals surface area (Å²) in [4.78, 5) is 0. The van der Waals surface area contributed by atoms with Crippen molar-refractivity contribution in [2.75, 3.05) is 0 Å². The summed E-state index contributed by atoms with van der Waals surface area (Å²) in [5.41, 5.74) is 4.97. The third-order valence-electron chi connectivity index (χ3n) is 3.38. The molecule has 1 heterocycles. The number of aryl methyl sites for hydroxylation is 1. The van der Waals surface area contributed by atoms with Gasteiger partial charge in [-0.05, 0) is 41.8 Å². The second-order valence-corrected chi connectivity index (χ2v) is 4.75. The van der Waals surface area contributed by atoms with Gasteiger partial charge in [0.15, 0.2) is 0 Å². The maximum absolute atomic E-state index is 7.72. The average Bonchev–Trinajstić information content (AvgIpc) is 2.80. The lowest BCUT2D eigenvalue weighted by molar-refractivity contribution is 0.797. The first kappa shape index (κ1) is 11.7. The van der Waals surface area contributed by atoms with Crippen LogP contribution in [-0.4, -0.2) is 15.5 Å². The topological polar surface area (TPSA) is 41.7 Å². The van der Waals surface area contributed by atoms with Gasteiger partial charge in [0, 0.05) is 18.1 Å². The lowest BCUT2D eigenvalue weighted by Crippen LogP contribution is -1.92. The van der Waals surface area contributed by atoms with Gasteiger partial charge in [-0.25, -0.2) is 0 Å². The van der Waals surface area contributed by atoms with Crippen LogP contribution in [0.25, 0.3) is 22.0 Å². The number of aromatic nitrogens is 2. The van der Waals surface area contributed by atoms with Crippen molar-refractivity contribution in [1.29, 1.82) is 5.41 Å². The molecule has 0 aliphatic rings. The van der Waals surface area contributed by atoms with Crippen LogP contribution in [0.2, 0.25) is 0 Å². The maximum atomic E-state index is 7.72. The summed E-state index contributed by atoms with van der Waals surface area (Å²) in [5.74, 6) is 0. The molecule has 3 aromatic rings. The summed E-state index contributed by atoms with van der Waals surface area (Å²) in [6.07, 6.45) is 1.88. The molecular formula is C16H15N3. The molecule has 0 atom stereocenters. The van der Waals surface area contributed by atoms with Crippen LogP contribution >= 0.6 is 0 Å². The van der Waals surface area contributed by atoms with Crippen LogP contribution in [0, 0.1) is 5.41 Å². The van der Waals surface area contributed by atoms with Gasteiger partial charge in [0.05, 0.1) is 11.7 Å². The van der Waals surface area contributed by atoms with E-state index in [9.17, 15) is 0 Å². The highest BCUT2D eigenvalue weighted by atomic mass is 15.2. The number of hydrogen-bond acceptors (Lipinski definition) is 2. The van der Waals surface area contributed by atoms with Crippen molar-refractivity contribution in [2.24, 2.45) is 7.05 Å². The number of nitrogens with zero attached hydrogens (tertiary/aromatic N) is 2. The number of benzene rings is 2. The molecule has 1 N–H and O–H groups in total.